The number of carbonyl (C=O) groups is 4. The van der Waals surface area contributed by atoms with Crippen LogP contribution in [0.15, 0.2) is 24.3 Å². The molecule has 1 heterocycles. The highest BCUT2D eigenvalue weighted by molar-refractivity contribution is 5.91. The Morgan fingerprint density at radius 1 is 1.00 bits per heavy atom. The van der Waals surface area contributed by atoms with Gasteiger partial charge in [0, 0.05) is 25.8 Å². The summed E-state index contributed by atoms with van der Waals surface area (Å²) in [7, 11) is 0. The number of nitrogens with zero attached hydrogens (tertiary/aromatic N) is 1. The van der Waals surface area contributed by atoms with E-state index in [9.17, 15) is 19.2 Å². The topological polar surface area (TPSA) is 125 Å². The van der Waals surface area contributed by atoms with Crippen molar-refractivity contribution in [3.05, 3.63) is 35.4 Å². The first-order chi connectivity index (χ1) is 18.3. The van der Waals surface area contributed by atoms with Crippen LogP contribution in [-0.4, -0.2) is 52.0 Å². The molecule has 1 aromatic carbocycles. The van der Waals surface area contributed by atoms with E-state index in [4.69, 9.17) is 9.94 Å². The van der Waals surface area contributed by atoms with Gasteiger partial charge in [-0.25, -0.2) is 10.3 Å². The maximum atomic E-state index is 13.6. The molecule has 1 aromatic rings. The Labute approximate surface area is 225 Å². The van der Waals surface area contributed by atoms with Crippen LogP contribution in [0.1, 0.15) is 95.6 Å². The van der Waals surface area contributed by atoms with Crippen LogP contribution >= 0.6 is 0 Å². The van der Waals surface area contributed by atoms with Crippen LogP contribution in [0.2, 0.25) is 0 Å². The van der Waals surface area contributed by atoms with Gasteiger partial charge in [-0.05, 0) is 62.0 Å². The molecule has 210 valence electrons. The van der Waals surface area contributed by atoms with Crippen LogP contribution in [0.4, 0.5) is 0 Å². The van der Waals surface area contributed by atoms with Gasteiger partial charge >= 0.3 is 5.97 Å². The smallest absolute Gasteiger partial charge is 0.328 e. The van der Waals surface area contributed by atoms with Crippen LogP contribution in [0.25, 0.3) is 0 Å². The fraction of sp³-hybridized carbons (Fsp3) is 0.655. The summed E-state index contributed by atoms with van der Waals surface area (Å²) in [6, 6.07) is 6.40. The number of unbranched alkanes of at least 4 members (excludes halogenated alkanes) is 3. The van der Waals surface area contributed by atoms with E-state index in [1.807, 2.05) is 38.1 Å². The average molecular weight is 530 g/mol. The Morgan fingerprint density at radius 2 is 1.66 bits per heavy atom. The Morgan fingerprint density at radius 3 is 2.32 bits per heavy atom. The highest BCUT2D eigenvalue weighted by atomic mass is 16.5. The molecule has 38 heavy (non-hydrogen) atoms. The molecular formula is C29H43N3O6. The van der Waals surface area contributed by atoms with Gasteiger partial charge < -0.3 is 15.0 Å². The zero-order valence-corrected chi connectivity index (χ0v) is 22.7. The van der Waals surface area contributed by atoms with E-state index in [-0.39, 0.29) is 36.2 Å². The molecule has 0 saturated heterocycles. The van der Waals surface area contributed by atoms with E-state index in [2.05, 4.69) is 5.32 Å². The Bertz CT molecular complexity index is 959. The number of nitrogens with one attached hydrogen (secondary N) is 2. The normalized spacial score (nSPS) is 18.1. The van der Waals surface area contributed by atoms with Crippen molar-refractivity contribution in [2.75, 3.05) is 0 Å². The number of amides is 3. The van der Waals surface area contributed by atoms with Crippen LogP contribution in [0.3, 0.4) is 0 Å². The van der Waals surface area contributed by atoms with Gasteiger partial charge in [-0.3, -0.25) is 19.6 Å². The zero-order valence-electron chi connectivity index (χ0n) is 22.7. The minimum absolute atomic E-state index is 0.0771. The molecule has 9 heteroatoms. The van der Waals surface area contributed by atoms with Gasteiger partial charge in [0.15, 0.2) is 0 Å². The largest absolute Gasteiger partial charge is 0.461 e. The Kier molecular flexibility index (Phi) is 11.6. The second-order valence-corrected chi connectivity index (χ2v) is 11.0. The summed E-state index contributed by atoms with van der Waals surface area (Å²) in [6.45, 7) is 4.36. The van der Waals surface area contributed by atoms with Crippen LogP contribution < -0.4 is 10.8 Å². The van der Waals surface area contributed by atoms with Crippen LogP contribution in [-0.2, 0) is 36.9 Å². The van der Waals surface area contributed by atoms with Gasteiger partial charge in [0.2, 0.25) is 17.7 Å². The monoisotopic (exact) mass is 529 g/mol. The first-order valence-corrected chi connectivity index (χ1v) is 14.1. The van der Waals surface area contributed by atoms with E-state index in [1.54, 1.807) is 10.4 Å². The number of carbonyl (C=O) groups excluding carboxylic acids is 4. The summed E-state index contributed by atoms with van der Waals surface area (Å²) < 4.78 is 5.73. The summed E-state index contributed by atoms with van der Waals surface area (Å²) >= 11 is 0. The minimum atomic E-state index is -0.742. The van der Waals surface area contributed by atoms with Crippen molar-refractivity contribution in [3.8, 4) is 0 Å². The number of hydroxylamine groups is 1. The molecule has 9 nitrogen and oxygen atoms in total. The second kappa shape index (κ2) is 14.9. The molecule has 0 aromatic heterocycles. The fourth-order valence-electron chi connectivity index (χ4n) is 5.34. The van der Waals surface area contributed by atoms with Gasteiger partial charge in [-0.1, -0.05) is 51.0 Å². The first kappa shape index (κ1) is 29.6. The first-order valence-electron chi connectivity index (χ1n) is 14.1. The number of hydrogen-bond donors (Lipinski definition) is 3. The molecular weight excluding hydrogens is 486 g/mol. The minimum Gasteiger partial charge on any atom is -0.461 e. The van der Waals surface area contributed by atoms with Crippen LogP contribution in [0.5, 0.6) is 0 Å². The van der Waals surface area contributed by atoms with Crippen molar-refractivity contribution in [1.82, 2.24) is 15.7 Å². The van der Waals surface area contributed by atoms with Crippen molar-refractivity contribution in [3.63, 3.8) is 0 Å². The summed E-state index contributed by atoms with van der Waals surface area (Å²) in [6.07, 6.45) is 8.01. The number of hydrogen-bond acceptors (Lipinski definition) is 6. The molecule has 0 bridgehead atoms. The number of rotatable bonds is 13. The summed E-state index contributed by atoms with van der Waals surface area (Å²) in [5.74, 6) is -1.03. The lowest BCUT2D eigenvalue weighted by Crippen LogP contribution is -2.56. The molecule has 3 N–H and O–H groups in total. The number of ether oxygens (including phenoxy) is 1. The third kappa shape index (κ3) is 8.82. The van der Waals surface area contributed by atoms with Crippen molar-refractivity contribution in [2.45, 2.75) is 116 Å². The quantitative estimate of drug-likeness (QED) is 0.154. The van der Waals surface area contributed by atoms with Crippen molar-refractivity contribution in [2.24, 2.45) is 5.92 Å². The van der Waals surface area contributed by atoms with Gasteiger partial charge in [0.1, 0.15) is 18.2 Å². The van der Waals surface area contributed by atoms with E-state index < -0.39 is 18.0 Å². The molecule has 3 rings (SSSR count). The second-order valence-electron chi connectivity index (χ2n) is 11.0. The maximum absolute atomic E-state index is 13.6. The molecule has 1 aliphatic heterocycles. The van der Waals surface area contributed by atoms with Crippen molar-refractivity contribution < 1.29 is 29.1 Å². The lowest BCUT2D eigenvalue weighted by Gasteiger charge is -2.37. The number of esters is 1. The summed E-state index contributed by atoms with van der Waals surface area (Å²) in [5, 5.41) is 11.5. The summed E-state index contributed by atoms with van der Waals surface area (Å²) in [5.41, 5.74) is 3.68. The molecule has 1 aliphatic carbocycles. The van der Waals surface area contributed by atoms with E-state index in [0.717, 1.165) is 49.7 Å². The molecule has 0 spiro atoms. The molecule has 2 unspecified atom stereocenters. The SMILES string of the molecule is CC(C)CC(NC(=O)C1Cc2ccccc2CN1C(=O)CCCCCCC(=O)NO)C(=O)OC1CCCC1. The lowest BCUT2D eigenvalue weighted by molar-refractivity contribution is -0.154. The van der Waals surface area contributed by atoms with E-state index >= 15 is 0 Å². The highest BCUT2D eigenvalue weighted by Gasteiger charge is 2.37. The van der Waals surface area contributed by atoms with Crippen molar-refractivity contribution in [1.29, 1.82) is 0 Å². The lowest BCUT2D eigenvalue weighted by atomic mass is 9.92. The number of benzene rings is 1. The Hall–Kier alpha value is -2.94. The van der Waals surface area contributed by atoms with E-state index in [1.165, 1.54) is 0 Å². The van der Waals surface area contributed by atoms with Crippen molar-refractivity contribution >= 4 is 23.7 Å². The summed E-state index contributed by atoms with van der Waals surface area (Å²) in [4.78, 5) is 52.7. The molecule has 2 aliphatic rings. The standard InChI is InChI=1S/C29H43N3O6/c1-20(2)17-24(29(36)38-23-13-9-10-14-23)30-28(35)25-18-21-11-7-8-12-22(21)19-32(25)27(34)16-6-4-3-5-15-26(33)31-37/h7-8,11-12,20,23-25,37H,3-6,9-10,13-19H2,1-2H3,(H,30,35)(H,31,33). The average Bonchev–Trinajstić information content (AvgIpc) is 3.41. The molecule has 0 radical (unpaired) electrons. The van der Waals surface area contributed by atoms with Gasteiger partial charge in [-0.15, -0.1) is 0 Å². The fourth-order valence-corrected chi connectivity index (χ4v) is 5.34. The molecule has 3 amide bonds. The maximum Gasteiger partial charge on any atom is 0.328 e. The third-order valence-corrected chi connectivity index (χ3v) is 7.43. The molecule has 1 saturated carbocycles. The molecule has 2 atom stereocenters. The Balaban J connectivity index is 1.64. The predicted molar refractivity (Wildman–Crippen MR) is 142 cm³/mol. The third-order valence-electron chi connectivity index (χ3n) is 7.43. The van der Waals surface area contributed by atoms with Gasteiger partial charge in [-0.2, -0.15) is 0 Å². The van der Waals surface area contributed by atoms with Gasteiger partial charge in [0.05, 0.1) is 0 Å². The predicted octanol–water partition coefficient (Wildman–Crippen LogP) is 3.80. The van der Waals surface area contributed by atoms with Gasteiger partial charge in [0.25, 0.3) is 0 Å². The molecule has 1 fully saturated rings. The zero-order chi connectivity index (χ0) is 27.5. The van der Waals surface area contributed by atoms with Crippen LogP contribution in [0, 0.1) is 5.92 Å². The number of fused-ring (bicyclic) bond motifs is 1. The highest BCUT2D eigenvalue weighted by Crippen LogP contribution is 2.26. The van der Waals surface area contributed by atoms with E-state index in [0.29, 0.717) is 38.6 Å².